The number of aromatic nitrogens is 2. The molecule has 1 spiro atoms. The summed E-state index contributed by atoms with van der Waals surface area (Å²) in [6.45, 7) is 9.57. The Morgan fingerprint density at radius 1 is 1.27 bits per heavy atom. The molecule has 1 aliphatic carbocycles. The predicted molar refractivity (Wildman–Crippen MR) is 108 cm³/mol. The second-order valence-electron chi connectivity index (χ2n) is 9.11. The van der Waals surface area contributed by atoms with Gasteiger partial charge in [0.15, 0.2) is 5.15 Å². The maximum Gasteiger partial charge on any atom is 0.166 e. The summed E-state index contributed by atoms with van der Waals surface area (Å²) < 4.78 is 8.46. The minimum absolute atomic E-state index is 0.0783. The highest BCUT2D eigenvalue weighted by Crippen LogP contribution is 2.49. The molecule has 3 rings (SSSR count). The van der Waals surface area contributed by atoms with Crippen LogP contribution in [0.5, 0.6) is 0 Å². The molecular weight excluding hydrogens is 369 g/mol. The monoisotopic (exact) mass is 401 g/mol. The lowest BCUT2D eigenvalue weighted by atomic mass is 9.75. The molecule has 0 aromatic carbocycles. The SMILES string of the molecule is CCCCN(C)Cc1nc(Cl)c(Cl)n1C1CCC2(CC1)CC(C)(C)CO2. The average molecular weight is 402 g/mol. The third kappa shape index (κ3) is 4.40. The third-order valence-corrected chi connectivity index (χ3v) is 6.71. The van der Waals surface area contributed by atoms with Gasteiger partial charge in [0.05, 0.1) is 18.8 Å². The number of halogens is 2. The van der Waals surface area contributed by atoms with Gasteiger partial charge in [0, 0.05) is 6.04 Å². The van der Waals surface area contributed by atoms with E-state index in [9.17, 15) is 0 Å². The van der Waals surface area contributed by atoms with Crippen LogP contribution in [0.3, 0.4) is 0 Å². The summed E-state index contributed by atoms with van der Waals surface area (Å²) in [5.74, 6) is 0.993. The van der Waals surface area contributed by atoms with Crippen LogP contribution in [0.1, 0.15) is 77.6 Å². The maximum atomic E-state index is 6.55. The first-order chi connectivity index (χ1) is 12.3. The van der Waals surface area contributed by atoms with E-state index >= 15 is 0 Å². The molecule has 0 N–H and O–H groups in total. The summed E-state index contributed by atoms with van der Waals surface area (Å²) in [5.41, 5.74) is 0.380. The van der Waals surface area contributed by atoms with Crippen molar-refractivity contribution >= 4 is 23.2 Å². The van der Waals surface area contributed by atoms with Crippen molar-refractivity contribution in [1.29, 1.82) is 0 Å². The van der Waals surface area contributed by atoms with E-state index in [0.29, 0.717) is 21.8 Å². The second-order valence-corrected chi connectivity index (χ2v) is 9.83. The van der Waals surface area contributed by atoms with Gasteiger partial charge in [-0.25, -0.2) is 4.98 Å². The van der Waals surface area contributed by atoms with E-state index in [-0.39, 0.29) is 5.60 Å². The van der Waals surface area contributed by atoms with Gasteiger partial charge in [-0.05, 0) is 57.5 Å². The van der Waals surface area contributed by atoms with Gasteiger partial charge in [0.1, 0.15) is 11.0 Å². The Balaban J connectivity index is 1.70. The largest absolute Gasteiger partial charge is 0.374 e. The van der Waals surface area contributed by atoms with Crippen molar-refractivity contribution in [2.24, 2.45) is 5.41 Å². The number of unbranched alkanes of at least 4 members (excludes halogenated alkanes) is 1. The van der Waals surface area contributed by atoms with E-state index in [1.807, 2.05) is 0 Å². The van der Waals surface area contributed by atoms with Gasteiger partial charge in [-0.15, -0.1) is 0 Å². The average Bonchev–Trinajstić information content (AvgIpc) is 3.03. The van der Waals surface area contributed by atoms with Gasteiger partial charge in [-0.1, -0.05) is 50.4 Å². The van der Waals surface area contributed by atoms with Crippen LogP contribution in [-0.2, 0) is 11.3 Å². The molecular formula is C20H33Cl2N3O. The molecule has 1 aromatic rings. The van der Waals surface area contributed by atoms with Crippen molar-refractivity contribution in [3.8, 4) is 0 Å². The van der Waals surface area contributed by atoms with Crippen molar-refractivity contribution < 1.29 is 4.74 Å². The summed E-state index contributed by atoms with van der Waals surface area (Å²) in [6, 6.07) is 0.370. The first-order valence-corrected chi connectivity index (χ1v) is 10.8. The molecule has 0 bridgehead atoms. The molecule has 1 saturated carbocycles. The molecule has 148 valence electrons. The molecule has 2 fully saturated rings. The highest BCUT2D eigenvalue weighted by atomic mass is 35.5. The van der Waals surface area contributed by atoms with Crippen LogP contribution in [0.15, 0.2) is 0 Å². The van der Waals surface area contributed by atoms with Gasteiger partial charge >= 0.3 is 0 Å². The quantitative estimate of drug-likeness (QED) is 0.609. The molecule has 2 aliphatic rings. The zero-order valence-corrected chi connectivity index (χ0v) is 18.2. The molecule has 0 radical (unpaired) electrons. The summed E-state index contributed by atoms with van der Waals surface area (Å²) in [4.78, 5) is 6.88. The van der Waals surface area contributed by atoms with E-state index < -0.39 is 0 Å². The predicted octanol–water partition coefficient (Wildman–Crippen LogP) is 5.72. The lowest BCUT2D eigenvalue weighted by molar-refractivity contribution is -0.0344. The summed E-state index contributed by atoms with van der Waals surface area (Å²) >= 11 is 12.8. The summed E-state index contributed by atoms with van der Waals surface area (Å²) in [5, 5.41) is 1.03. The van der Waals surface area contributed by atoms with Crippen molar-refractivity contribution in [3.63, 3.8) is 0 Å². The van der Waals surface area contributed by atoms with Crippen LogP contribution < -0.4 is 0 Å². The van der Waals surface area contributed by atoms with Crippen LogP contribution in [0.4, 0.5) is 0 Å². The van der Waals surface area contributed by atoms with Crippen LogP contribution >= 0.6 is 23.2 Å². The van der Waals surface area contributed by atoms with Gasteiger partial charge in [0.25, 0.3) is 0 Å². The zero-order chi connectivity index (χ0) is 18.9. The Kier molecular flexibility index (Phi) is 6.28. The standard InChI is InChI=1S/C20H33Cl2N3O/c1-5-6-11-24(4)12-16-23-17(21)18(22)25(16)15-7-9-20(10-8-15)13-19(2,3)14-26-20/h15H,5-14H2,1-4H3. The smallest absolute Gasteiger partial charge is 0.166 e. The molecule has 0 amide bonds. The zero-order valence-electron chi connectivity index (χ0n) is 16.7. The number of ether oxygens (including phenoxy) is 1. The molecule has 1 aromatic heterocycles. The minimum atomic E-state index is 0.0783. The highest BCUT2D eigenvalue weighted by molar-refractivity contribution is 6.40. The third-order valence-electron chi connectivity index (χ3n) is 5.99. The molecule has 0 atom stereocenters. The van der Waals surface area contributed by atoms with Crippen LogP contribution in [-0.4, -0.2) is 40.3 Å². The van der Waals surface area contributed by atoms with Crippen molar-refractivity contribution in [2.75, 3.05) is 20.2 Å². The fourth-order valence-corrected chi connectivity index (χ4v) is 5.15. The Morgan fingerprint density at radius 3 is 2.54 bits per heavy atom. The van der Waals surface area contributed by atoms with Crippen LogP contribution in [0, 0.1) is 5.41 Å². The van der Waals surface area contributed by atoms with Gasteiger partial charge in [-0.3, -0.25) is 4.90 Å². The molecule has 1 aliphatic heterocycles. The van der Waals surface area contributed by atoms with Gasteiger partial charge < -0.3 is 9.30 Å². The number of hydrogen-bond acceptors (Lipinski definition) is 3. The van der Waals surface area contributed by atoms with E-state index in [1.165, 1.54) is 12.8 Å². The molecule has 4 nitrogen and oxygen atoms in total. The van der Waals surface area contributed by atoms with Crippen molar-refractivity contribution in [1.82, 2.24) is 14.5 Å². The summed E-state index contributed by atoms with van der Waals surface area (Å²) in [6.07, 6.45) is 7.90. The van der Waals surface area contributed by atoms with E-state index in [4.69, 9.17) is 27.9 Å². The fraction of sp³-hybridized carbons (Fsp3) is 0.850. The fourth-order valence-electron chi connectivity index (χ4n) is 4.69. The van der Waals surface area contributed by atoms with E-state index in [2.05, 4.69) is 42.3 Å². The van der Waals surface area contributed by atoms with E-state index in [1.54, 1.807) is 0 Å². The van der Waals surface area contributed by atoms with Crippen molar-refractivity contribution in [2.45, 2.75) is 83.9 Å². The lowest BCUT2D eigenvalue weighted by Gasteiger charge is -2.38. The number of imidazole rings is 1. The number of hydrogen-bond donors (Lipinski definition) is 0. The Labute approximate surface area is 168 Å². The van der Waals surface area contributed by atoms with Crippen molar-refractivity contribution in [3.05, 3.63) is 16.1 Å². The topological polar surface area (TPSA) is 30.3 Å². The Morgan fingerprint density at radius 2 is 1.96 bits per heavy atom. The Hall–Kier alpha value is -0.290. The number of nitrogens with zero attached hydrogens (tertiary/aromatic N) is 3. The van der Waals surface area contributed by atoms with Gasteiger partial charge in [0.2, 0.25) is 0 Å². The number of rotatable bonds is 6. The maximum absolute atomic E-state index is 6.55. The molecule has 0 unspecified atom stereocenters. The first kappa shape index (κ1) is 20.4. The van der Waals surface area contributed by atoms with Crippen LogP contribution in [0.2, 0.25) is 10.3 Å². The molecule has 1 saturated heterocycles. The minimum Gasteiger partial charge on any atom is -0.374 e. The molecule has 26 heavy (non-hydrogen) atoms. The van der Waals surface area contributed by atoms with E-state index in [0.717, 1.165) is 57.6 Å². The van der Waals surface area contributed by atoms with Gasteiger partial charge in [-0.2, -0.15) is 0 Å². The molecule has 2 heterocycles. The second kappa shape index (κ2) is 7.98. The highest BCUT2D eigenvalue weighted by Gasteiger charge is 2.46. The van der Waals surface area contributed by atoms with Crippen LogP contribution in [0.25, 0.3) is 0 Å². The summed E-state index contributed by atoms with van der Waals surface area (Å²) in [7, 11) is 2.14. The molecule has 6 heteroatoms. The Bertz CT molecular complexity index is 621. The lowest BCUT2D eigenvalue weighted by Crippen LogP contribution is -2.35. The normalized spacial score (nSPS) is 28.3. The first-order valence-electron chi connectivity index (χ1n) is 10.00.